The van der Waals surface area contributed by atoms with Gasteiger partial charge in [0.2, 0.25) is 0 Å². The quantitative estimate of drug-likeness (QED) is 0.652. The number of para-hydroxylation sites is 1. The van der Waals surface area contributed by atoms with E-state index in [1.54, 1.807) is 0 Å². The lowest BCUT2D eigenvalue weighted by Gasteiger charge is -2.22. The van der Waals surface area contributed by atoms with Gasteiger partial charge >= 0.3 is 0 Å². The fourth-order valence-electron chi connectivity index (χ4n) is 3.00. The maximum absolute atomic E-state index is 4.81. The maximum atomic E-state index is 4.81. The molecular formula is C19H16N2. The van der Waals surface area contributed by atoms with Crippen molar-refractivity contribution in [1.82, 2.24) is 4.98 Å². The predicted octanol–water partition coefficient (Wildman–Crippen LogP) is 4.19. The van der Waals surface area contributed by atoms with Crippen LogP contribution in [0.1, 0.15) is 29.5 Å². The summed E-state index contributed by atoms with van der Waals surface area (Å²) in [5.41, 5.74) is 5.83. The second kappa shape index (κ2) is 4.81. The Hall–Kier alpha value is -2.48. The molecule has 0 amide bonds. The van der Waals surface area contributed by atoms with Crippen molar-refractivity contribution < 1.29 is 0 Å². The summed E-state index contributed by atoms with van der Waals surface area (Å²) in [6, 6.07) is 19.0. The van der Waals surface area contributed by atoms with Gasteiger partial charge in [0, 0.05) is 35.2 Å². The zero-order valence-corrected chi connectivity index (χ0v) is 12.0. The molecule has 0 saturated carbocycles. The molecule has 0 spiro atoms. The van der Waals surface area contributed by atoms with E-state index in [0.717, 1.165) is 28.7 Å². The van der Waals surface area contributed by atoms with Crippen molar-refractivity contribution in [2.24, 2.45) is 4.99 Å². The van der Waals surface area contributed by atoms with Crippen molar-refractivity contribution >= 4 is 16.6 Å². The number of benzene rings is 2. The lowest BCUT2D eigenvalue weighted by Crippen LogP contribution is -2.17. The predicted molar refractivity (Wildman–Crippen MR) is 87.1 cm³/mol. The highest BCUT2D eigenvalue weighted by Gasteiger charge is 2.20. The number of hydrogen-bond donors (Lipinski definition) is 0. The first-order valence-electron chi connectivity index (χ1n) is 7.32. The van der Waals surface area contributed by atoms with E-state index in [1.807, 2.05) is 24.4 Å². The molecule has 1 atom stereocenters. The largest absolute Gasteiger partial charge is 0.283 e. The van der Waals surface area contributed by atoms with Crippen LogP contribution in [-0.2, 0) is 0 Å². The van der Waals surface area contributed by atoms with E-state index in [9.17, 15) is 0 Å². The van der Waals surface area contributed by atoms with Gasteiger partial charge in [0.1, 0.15) is 0 Å². The van der Waals surface area contributed by atoms with Crippen molar-refractivity contribution in [3.05, 3.63) is 77.5 Å². The molecule has 0 fully saturated rings. The van der Waals surface area contributed by atoms with Crippen LogP contribution in [0.2, 0.25) is 0 Å². The highest BCUT2D eigenvalue weighted by Crippen LogP contribution is 2.28. The summed E-state index contributed by atoms with van der Waals surface area (Å²) in [6.45, 7) is 3.08. The number of fused-ring (bicyclic) bond motifs is 2. The van der Waals surface area contributed by atoms with E-state index in [-0.39, 0.29) is 0 Å². The Bertz CT molecular complexity index is 849. The number of rotatable bonds is 1. The zero-order valence-electron chi connectivity index (χ0n) is 12.0. The number of pyridine rings is 1. The third-order valence-corrected chi connectivity index (χ3v) is 4.13. The van der Waals surface area contributed by atoms with Crippen molar-refractivity contribution in [3.8, 4) is 0 Å². The van der Waals surface area contributed by atoms with Gasteiger partial charge in [-0.05, 0) is 17.7 Å². The van der Waals surface area contributed by atoms with Crippen LogP contribution in [0.4, 0.5) is 0 Å². The average Bonchev–Trinajstić information content (AvgIpc) is 2.55. The molecule has 0 bridgehead atoms. The van der Waals surface area contributed by atoms with E-state index < -0.39 is 0 Å². The molecule has 2 heterocycles. The minimum absolute atomic E-state index is 0.485. The van der Waals surface area contributed by atoms with E-state index in [2.05, 4.69) is 48.3 Å². The molecule has 0 radical (unpaired) electrons. The number of aromatic nitrogens is 1. The lowest BCUT2D eigenvalue weighted by molar-refractivity contribution is 0.761. The Morgan fingerprint density at radius 2 is 1.81 bits per heavy atom. The van der Waals surface area contributed by atoms with Gasteiger partial charge in [-0.15, -0.1) is 0 Å². The molecule has 2 nitrogen and oxygen atoms in total. The van der Waals surface area contributed by atoms with Crippen molar-refractivity contribution in [2.75, 3.05) is 6.54 Å². The number of aliphatic imine (C=N–C) groups is 1. The van der Waals surface area contributed by atoms with Gasteiger partial charge in [-0.3, -0.25) is 9.98 Å². The van der Waals surface area contributed by atoms with Crippen molar-refractivity contribution in [2.45, 2.75) is 12.8 Å². The van der Waals surface area contributed by atoms with Gasteiger partial charge in [0.15, 0.2) is 0 Å². The Balaban J connectivity index is 1.89. The summed E-state index contributed by atoms with van der Waals surface area (Å²) in [4.78, 5) is 9.37. The normalized spacial score (nSPS) is 17.4. The van der Waals surface area contributed by atoms with Gasteiger partial charge in [0.05, 0.1) is 11.2 Å². The van der Waals surface area contributed by atoms with Gasteiger partial charge in [0.25, 0.3) is 0 Å². The summed E-state index contributed by atoms with van der Waals surface area (Å²) in [5.74, 6) is 0.485. The third kappa shape index (κ3) is 2.04. The van der Waals surface area contributed by atoms with Crippen LogP contribution < -0.4 is 0 Å². The molecule has 1 aliphatic rings. The summed E-state index contributed by atoms with van der Waals surface area (Å²) in [5, 5.41) is 1.16. The maximum Gasteiger partial charge on any atom is 0.0737 e. The SMILES string of the molecule is CC1CN=C(c2cnc3ccccc3c2)c2ccccc21. The van der Waals surface area contributed by atoms with Crippen LogP contribution in [0.3, 0.4) is 0 Å². The van der Waals surface area contributed by atoms with Crippen LogP contribution in [0.25, 0.3) is 10.9 Å². The van der Waals surface area contributed by atoms with Gasteiger partial charge in [-0.2, -0.15) is 0 Å². The summed E-state index contributed by atoms with van der Waals surface area (Å²) in [7, 11) is 0. The molecular weight excluding hydrogens is 256 g/mol. The Labute approximate surface area is 124 Å². The summed E-state index contributed by atoms with van der Waals surface area (Å²) >= 11 is 0. The van der Waals surface area contributed by atoms with E-state index in [1.165, 1.54) is 11.1 Å². The molecule has 2 aromatic carbocycles. The Kier molecular flexibility index (Phi) is 2.81. The Morgan fingerprint density at radius 1 is 1.00 bits per heavy atom. The number of nitrogens with zero attached hydrogens (tertiary/aromatic N) is 2. The van der Waals surface area contributed by atoms with Crippen molar-refractivity contribution in [3.63, 3.8) is 0 Å². The fraction of sp³-hybridized carbons (Fsp3) is 0.158. The average molecular weight is 272 g/mol. The van der Waals surface area contributed by atoms with Crippen LogP contribution in [0.15, 0.2) is 65.8 Å². The first kappa shape index (κ1) is 12.3. The molecule has 102 valence electrons. The molecule has 1 unspecified atom stereocenters. The topological polar surface area (TPSA) is 25.2 Å². The zero-order chi connectivity index (χ0) is 14.2. The lowest BCUT2D eigenvalue weighted by atomic mass is 9.88. The molecule has 4 rings (SSSR count). The first-order chi connectivity index (χ1) is 10.3. The molecule has 0 aliphatic carbocycles. The summed E-state index contributed by atoms with van der Waals surface area (Å²) in [6.07, 6.45) is 1.94. The van der Waals surface area contributed by atoms with Crippen LogP contribution in [0.5, 0.6) is 0 Å². The minimum atomic E-state index is 0.485. The van der Waals surface area contributed by atoms with Gasteiger partial charge < -0.3 is 0 Å². The van der Waals surface area contributed by atoms with Gasteiger partial charge in [-0.1, -0.05) is 49.4 Å². The summed E-state index contributed by atoms with van der Waals surface area (Å²) < 4.78 is 0. The van der Waals surface area contributed by atoms with Crippen LogP contribution >= 0.6 is 0 Å². The third-order valence-electron chi connectivity index (χ3n) is 4.13. The smallest absolute Gasteiger partial charge is 0.0737 e. The molecule has 3 aromatic rings. The van der Waals surface area contributed by atoms with E-state index >= 15 is 0 Å². The number of hydrogen-bond acceptors (Lipinski definition) is 2. The van der Waals surface area contributed by atoms with Crippen LogP contribution in [0, 0.1) is 0 Å². The van der Waals surface area contributed by atoms with Gasteiger partial charge in [-0.25, -0.2) is 0 Å². The Morgan fingerprint density at radius 3 is 2.76 bits per heavy atom. The first-order valence-corrected chi connectivity index (χ1v) is 7.32. The van der Waals surface area contributed by atoms with E-state index in [4.69, 9.17) is 4.99 Å². The van der Waals surface area contributed by atoms with E-state index in [0.29, 0.717) is 5.92 Å². The standard InChI is InChI=1S/C19H16N2/c1-13-11-21-19(17-8-4-3-7-16(13)17)15-10-14-6-2-5-9-18(14)20-12-15/h2-10,12-13H,11H2,1H3. The molecule has 0 saturated heterocycles. The minimum Gasteiger partial charge on any atom is -0.283 e. The monoisotopic (exact) mass is 272 g/mol. The molecule has 21 heavy (non-hydrogen) atoms. The van der Waals surface area contributed by atoms with Crippen LogP contribution in [-0.4, -0.2) is 17.2 Å². The molecule has 1 aliphatic heterocycles. The second-order valence-corrected chi connectivity index (χ2v) is 5.59. The molecule has 1 aromatic heterocycles. The second-order valence-electron chi connectivity index (χ2n) is 5.59. The molecule has 2 heteroatoms. The fourth-order valence-corrected chi connectivity index (χ4v) is 3.00. The highest BCUT2D eigenvalue weighted by atomic mass is 14.8. The highest BCUT2D eigenvalue weighted by molar-refractivity contribution is 6.15. The van der Waals surface area contributed by atoms with Crippen molar-refractivity contribution in [1.29, 1.82) is 0 Å². The molecule has 0 N–H and O–H groups in total.